The Labute approximate surface area is 99.3 Å². The van der Waals surface area contributed by atoms with Crippen LogP contribution in [0.5, 0.6) is 0 Å². The number of alkyl halides is 1. The van der Waals surface area contributed by atoms with Crippen molar-refractivity contribution in [1.29, 1.82) is 0 Å². The highest BCUT2D eigenvalue weighted by Gasteiger charge is 2.16. The van der Waals surface area contributed by atoms with Crippen molar-refractivity contribution < 1.29 is 9.66 Å². The topological polar surface area (TPSA) is 52.4 Å². The van der Waals surface area contributed by atoms with Gasteiger partial charge >= 0.3 is 0 Å². The van der Waals surface area contributed by atoms with Gasteiger partial charge < -0.3 is 4.74 Å². The van der Waals surface area contributed by atoms with E-state index in [0.717, 1.165) is 5.56 Å². The lowest BCUT2D eigenvalue weighted by molar-refractivity contribution is -0.385. The van der Waals surface area contributed by atoms with Gasteiger partial charge in [-0.3, -0.25) is 10.1 Å². The molecule has 5 heteroatoms. The highest BCUT2D eigenvalue weighted by atomic mass is 35.5. The molecule has 0 aliphatic rings. The van der Waals surface area contributed by atoms with Gasteiger partial charge in [0.25, 0.3) is 5.69 Å². The average molecular weight is 244 g/mol. The summed E-state index contributed by atoms with van der Waals surface area (Å²) in [5.74, 6) is 0. The first-order valence-electron chi connectivity index (χ1n) is 4.91. The number of hydrogen-bond donors (Lipinski definition) is 0. The number of nitro benzene ring substituents is 1. The number of benzene rings is 1. The zero-order chi connectivity index (χ0) is 12.1. The van der Waals surface area contributed by atoms with E-state index in [1.807, 2.05) is 6.92 Å². The third-order valence-electron chi connectivity index (χ3n) is 2.22. The molecule has 0 saturated carbocycles. The van der Waals surface area contributed by atoms with Gasteiger partial charge in [-0.2, -0.15) is 0 Å². The monoisotopic (exact) mass is 243 g/mol. The first-order valence-corrected chi connectivity index (χ1v) is 5.35. The third-order valence-corrected chi connectivity index (χ3v) is 2.50. The van der Waals surface area contributed by atoms with Gasteiger partial charge in [0.1, 0.15) is 0 Å². The Balaban J connectivity index is 2.92. The summed E-state index contributed by atoms with van der Waals surface area (Å²) in [5.41, 5.74) is 1.76. The van der Waals surface area contributed by atoms with E-state index in [4.69, 9.17) is 16.3 Å². The van der Waals surface area contributed by atoms with Crippen LogP contribution in [0.25, 0.3) is 0 Å². The largest absolute Gasteiger partial charge is 0.383 e. The lowest BCUT2D eigenvalue weighted by Gasteiger charge is -2.09. The molecule has 88 valence electrons. The molecule has 0 amide bonds. The number of rotatable bonds is 5. The Bertz CT molecular complexity index is 381. The van der Waals surface area contributed by atoms with E-state index in [1.165, 1.54) is 6.07 Å². The standard InChI is InChI=1S/C11H14ClNO3/c1-8-3-4-11(13(14)15)9(5-8)6-10(12)7-16-2/h3-5,10H,6-7H2,1-2H3. The number of ether oxygens (including phenoxy) is 1. The molecule has 0 aliphatic heterocycles. The quantitative estimate of drug-likeness (QED) is 0.454. The Morgan fingerprint density at radius 2 is 2.25 bits per heavy atom. The summed E-state index contributed by atoms with van der Waals surface area (Å²) in [6, 6.07) is 5.03. The van der Waals surface area contributed by atoms with Crippen LogP contribution in [0.3, 0.4) is 0 Å². The SMILES string of the molecule is COCC(Cl)Cc1cc(C)ccc1[N+](=O)[O-]. The highest BCUT2D eigenvalue weighted by Crippen LogP contribution is 2.22. The van der Waals surface area contributed by atoms with Gasteiger partial charge in [-0.25, -0.2) is 0 Å². The first-order chi connectivity index (χ1) is 7.54. The number of methoxy groups -OCH3 is 1. The number of nitro groups is 1. The third kappa shape index (κ3) is 3.47. The van der Waals surface area contributed by atoms with E-state index >= 15 is 0 Å². The molecule has 16 heavy (non-hydrogen) atoms. The van der Waals surface area contributed by atoms with Crippen LogP contribution in [0.4, 0.5) is 5.69 Å². The van der Waals surface area contributed by atoms with Crippen molar-refractivity contribution in [1.82, 2.24) is 0 Å². The summed E-state index contributed by atoms with van der Waals surface area (Å²) in [4.78, 5) is 10.4. The average Bonchev–Trinajstić information content (AvgIpc) is 2.17. The summed E-state index contributed by atoms with van der Waals surface area (Å²) in [5, 5.41) is 10.6. The molecule has 1 atom stereocenters. The van der Waals surface area contributed by atoms with Crippen LogP contribution in [-0.4, -0.2) is 24.0 Å². The van der Waals surface area contributed by atoms with Crippen LogP contribution < -0.4 is 0 Å². The van der Waals surface area contributed by atoms with Crippen LogP contribution >= 0.6 is 11.6 Å². The molecule has 0 radical (unpaired) electrons. The molecule has 1 unspecified atom stereocenters. The zero-order valence-corrected chi connectivity index (χ0v) is 10.0. The molecule has 0 spiro atoms. The lowest BCUT2D eigenvalue weighted by atomic mass is 10.0. The minimum atomic E-state index is -0.384. The maximum atomic E-state index is 10.8. The van der Waals surface area contributed by atoms with E-state index in [2.05, 4.69) is 0 Å². The zero-order valence-electron chi connectivity index (χ0n) is 9.27. The van der Waals surface area contributed by atoms with Crippen molar-refractivity contribution in [3.05, 3.63) is 39.4 Å². The van der Waals surface area contributed by atoms with Crippen molar-refractivity contribution in [2.24, 2.45) is 0 Å². The Morgan fingerprint density at radius 3 is 2.81 bits per heavy atom. The van der Waals surface area contributed by atoms with E-state index in [0.29, 0.717) is 18.6 Å². The van der Waals surface area contributed by atoms with Gasteiger partial charge in [0.05, 0.1) is 16.9 Å². The summed E-state index contributed by atoms with van der Waals surface area (Å²) in [6.45, 7) is 2.28. The minimum absolute atomic E-state index is 0.118. The second-order valence-electron chi connectivity index (χ2n) is 3.65. The Hall–Kier alpha value is -1.13. The molecule has 0 fully saturated rings. The molecular weight excluding hydrogens is 230 g/mol. The van der Waals surface area contributed by atoms with Gasteiger partial charge in [-0.05, 0) is 19.4 Å². The van der Waals surface area contributed by atoms with Crippen molar-refractivity contribution in [2.75, 3.05) is 13.7 Å². The van der Waals surface area contributed by atoms with Crippen LogP contribution in [0.1, 0.15) is 11.1 Å². The Morgan fingerprint density at radius 1 is 1.56 bits per heavy atom. The number of hydrogen-bond acceptors (Lipinski definition) is 3. The van der Waals surface area contributed by atoms with Crippen molar-refractivity contribution in [2.45, 2.75) is 18.7 Å². The van der Waals surface area contributed by atoms with Gasteiger partial charge in [-0.15, -0.1) is 11.6 Å². The lowest BCUT2D eigenvalue weighted by Crippen LogP contribution is -2.12. The second kappa shape index (κ2) is 5.82. The van der Waals surface area contributed by atoms with Crippen molar-refractivity contribution >= 4 is 17.3 Å². The molecule has 4 nitrogen and oxygen atoms in total. The van der Waals surface area contributed by atoms with Gasteiger partial charge in [-0.1, -0.05) is 11.6 Å². The van der Waals surface area contributed by atoms with Gasteiger partial charge in [0.2, 0.25) is 0 Å². The number of halogens is 1. The second-order valence-corrected chi connectivity index (χ2v) is 4.26. The van der Waals surface area contributed by atoms with Gasteiger partial charge in [0, 0.05) is 18.7 Å². The van der Waals surface area contributed by atoms with Gasteiger partial charge in [0.15, 0.2) is 0 Å². The summed E-state index contributed by atoms with van der Waals surface area (Å²) in [6.07, 6.45) is 0.438. The molecule has 0 N–H and O–H groups in total. The fourth-order valence-corrected chi connectivity index (χ4v) is 1.83. The smallest absolute Gasteiger partial charge is 0.272 e. The number of nitrogens with zero attached hydrogens (tertiary/aromatic N) is 1. The fraction of sp³-hybridized carbons (Fsp3) is 0.455. The van der Waals surface area contributed by atoms with Crippen molar-refractivity contribution in [3.8, 4) is 0 Å². The normalized spacial score (nSPS) is 12.4. The maximum absolute atomic E-state index is 10.8. The van der Waals surface area contributed by atoms with Crippen LogP contribution in [-0.2, 0) is 11.2 Å². The first kappa shape index (κ1) is 12.9. The molecule has 1 aromatic carbocycles. The molecule has 0 heterocycles. The van der Waals surface area contributed by atoms with E-state index in [9.17, 15) is 10.1 Å². The summed E-state index contributed by atoms with van der Waals surface area (Å²) < 4.78 is 4.90. The Kier molecular flexibility index (Phi) is 4.71. The summed E-state index contributed by atoms with van der Waals surface area (Å²) in [7, 11) is 1.56. The fourth-order valence-electron chi connectivity index (χ4n) is 1.53. The highest BCUT2D eigenvalue weighted by molar-refractivity contribution is 6.20. The molecular formula is C11H14ClNO3. The molecule has 1 rings (SSSR count). The van der Waals surface area contributed by atoms with E-state index in [-0.39, 0.29) is 16.0 Å². The minimum Gasteiger partial charge on any atom is -0.383 e. The molecule has 1 aromatic rings. The predicted octanol–water partition coefficient (Wildman–Crippen LogP) is 2.70. The number of aryl methyl sites for hydroxylation is 1. The molecule has 0 aromatic heterocycles. The molecule has 0 bridgehead atoms. The summed E-state index contributed by atoms with van der Waals surface area (Å²) >= 11 is 6.00. The van der Waals surface area contributed by atoms with Crippen LogP contribution in [0.15, 0.2) is 18.2 Å². The molecule has 0 aliphatic carbocycles. The van der Waals surface area contributed by atoms with Crippen molar-refractivity contribution in [3.63, 3.8) is 0 Å². The molecule has 0 saturated heterocycles. The maximum Gasteiger partial charge on any atom is 0.272 e. The van der Waals surface area contributed by atoms with E-state index in [1.54, 1.807) is 19.2 Å². The van der Waals surface area contributed by atoms with Crippen LogP contribution in [0.2, 0.25) is 0 Å². The predicted molar refractivity (Wildman–Crippen MR) is 63.1 cm³/mol. The van der Waals surface area contributed by atoms with Crippen LogP contribution in [0, 0.1) is 17.0 Å². The van der Waals surface area contributed by atoms with E-state index < -0.39 is 0 Å².